The summed E-state index contributed by atoms with van der Waals surface area (Å²) >= 11 is 0. The molecule has 3 nitrogen and oxygen atoms in total. The molecule has 3 fully saturated rings. The number of likely N-dealkylation sites (N-methyl/N-ethyl adjacent to an activating group) is 1. The standard InChI is InChI=1S/C12H23N3/c1-9(2)14-7-11-4-10(14)8-15(11)12-5-13(3)6-12/h9-12H,4-8H2,1-3H3. The Bertz CT molecular complexity index is 247. The van der Waals surface area contributed by atoms with Crippen LogP contribution in [-0.4, -0.2) is 72.1 Å². The molecule has 0 radical (unpaired) electrons. The first kappa shape index (κ1) is 10.1. The molecular formula is C12H23N3. The van der Waals surface area contributed by atoms with Crippen LogP contribution in [0.4, 0.5) is 0 Å². The second-order valence-corrected chi connectivity index (χ2v) is 5.91. The van der Waals surface area contributed by atoms with E-state index in [1.807, 2.05) is 0 Å². The van der Waals surface area contributed by atoms with Crippen LogP contribution in [0.15, 0.2) is 0 Å². The second-order valence-electron chi connectivity index (χ2n) is 5.91. The zero-order valence-corrected chi connectivity index (χ0v) is 10.2. The molecule has 0 aromatic carbocycles. The minimum absolute atomic E-state index is 0.742. The maximum atomic E-state index is 2.78. The van der Waals surface area contributed by atoms with Crippen LogP contribution in [0.1, 0.15) is 20.3 Å². The first-order valence-electron chi connectivity index (χ1n) is 6.35. The molecule has 0 amide bonds. The van der Waals surface area contributed by atoms with Crippen molar-refractivity contribution in [3.8, 4) is 0 Å². The van der Waals surface area contributed by atoms with Crippen molar-refractivity contribution in [2.45, 2.75) is 44.4 Å². The summed E-state index contributed by atoms with van der Waals surface area (Å²) in [5, 5.41) is 0. The predicted octanol–water partition coefficient (Wildman–Crippen LogP) is 0.467. The molecule has 0 saturated carbocycles. The van der Waals surface area contributed by atoms with Crippen LogP contribution in [0.25, 0.3) is 0 Å². The van der Waals surface area contributed by atoms with Gasteiger partial charge in [0.05, 0.1) is 0 Å². The monoisotopic (exact) mass is 209 g/mol. The van der Waals surface area contributed by atoms with Gasteiger partial charge in [0.15, 0.2) is 0 Å². The number of fused-ring (bicyclic) bond motifs is 2. The van der Waals surface area contributed by atoms with Crippen LogP contribution in [-0.2, 0) is 0 Å². The van der Waals surface area contributed by atoms with Crippen LogP contribution < -0.4 is 0 Å². The van der Waals surface area contributed by atoms with E-state index >= 15 is 0 Å². The van der Waals surface area contributed by atoms with Crippen molar-refractivity contribution in [3.05, 3.63) is 0 Å². The maximum Gasteiger partial charge on any atom is 0.0354 e. The molecule has 0 spiro atoms. The van der Waals surface area contributed by atoms with Crippen molar-refractivity contribution < 1.29 is 0 Å². The van der Waals surface area contributed by atoms with Gasteiger partial charge >= 0.3 is 0 Å². The van der Waals surface area contributed by atoms with Gasteiger partial charge in [-0.2, -0.15) is 0 Å². The zero-order valence-electron chi connectivity index (χ0n) is 10.2. The third-order valence-corrected chi connectivity index (χ3v) is 4.50. The van der Waals surface area contributed by atoms with Crippen molar-refractivity contribution in [2.24, 2.45) is 0 Å². The van der Waals surface area contributed by atoms with Crippen LogP contribution in [0.2, 0.25) is 0 Å². The predicted molar refractivity (Wildman–Crippen MR) is 62.0 cm³/mol. The molecule has 86 valence electrons. The molecule has 3 heteroatoms. The lowest BCUT2D eigenvalue weighted by molar-refractivity contribution is 0.00748. The Morgan fingerprint density at radius 3 is 2.13 bits per heavy atom. The summed E-state index contributed by atoms with van der Waals surface area (Å²) in [4.78, 5) is 7.91. The first-order chi connectivity index (χ1) is 7.15. The Kier molecular flexibility index (Phi) is 2.31. The molecule has 0 aromatic rings. The molecular weight excluding hydrogens is 186 g/mol. The van der Waals surface area contributed by atoms with E-state index in [-0.39, 0.29) is 0 Å². The number of likely N-dealkylation sites (tertiary alicyclic amines) is 3. The summed E-state index contributed by atoms with van der Waals surface area (Å²) in [7, 11) is 2.23. The minimum atomic E-state index is 0.742. The highest BCUT2D eigenvalue weighted by atomic mass is 15.4. The van der Waals surface area contributed by atoms with E-state index in [1.54, 1.807) is 0 Å². The Hall–Kier alpha value is -0.120. The highest BCUT2D eigenvalue weighted by Crippen LogP contribution is 2.34. The summed E-state index contributed by atoms with van der Waals surface area (Å²) in [5.74, 6) is 0. The van der Waals surface area contributed by atoms with Gasteiger partial charge in [-0.1, -0.05) is 0 Å². The average Bonchev–Trinajstić information content (AvgIpc) is 2.70. The zero-order chi connectivity index (χ0) is 10.6. The highest BCUT2D eigenvalue weighted by Gasteiger charge is 2.47. The smallest absolute Gasteiger partial charge is 0.0354 e. The SMILES string of the molecule is CC(C)N1CC2CC1CN2C1CN(C)C1. The van der Waals surface area contributed by atoms with Crippen LogP contribution in [0, 0.1) is 0 Å². The fourth-order valence-electron chi connectivity index (χ4n) is 3.68. The van der Waals surface area contributed by atoms with E-state index in [1.165, 1.54) is 32.6 Å². The maximum absolute atomic E-state index is 2.78. The topological polar surface area (TPSA) is 9.72 Å². The second kappa shape index (κ2) is 3.44. The lowest BCUT2D eigenvalue weighted by Crippen LogP contribution is -2.62. The van der Waals surface area contributed by atoms with Gasteiger partial charge in [-0.25, -0.2) is 0 Å². The summed E-state index contributed by atoms with van der Waals surface area (Å²) in [6.07, 6.45) is 1.43. The molecule has 3 aliphatic rings. The van der Waals surface area contributed by atoms with E-state index < -0.39 is 0 Å². The van der Waals surface area contributed by atoms with E-state index in [0.717, 1.165) is 24.2 Å². The van der Waals surface area contributed by atoms with E-state index in [4.69, 9.17) is 0 Å². The Balaban J connectivity index is 1.61. The third-order valence-electron chi connectivity index (χ3n) is 4.50. The number of piperazine rings is 1. The fraction of sp³-hybridized carbons (Fsp3) is 1.00. The van der Waals surface area contributed by atoms with Gasteiger partial charge in [-0.05, 0) is 27.3 Å². The molecule has 2 bridgehead atoms. The van der Waals surface area contributed by atoms with E-state index in [0.29, 0.717) is 0 Å². The van der Waals surface area contributed by atoms with Crippen LogP contribution in [0.3, 0.4) is 0 Å². The molecule has 3 saturated heterocycles. The normalized spacial score (nSPS) is 39.2. The number of hydrogen-bond acceptors (Lipinski definition) is 3. The lowest BCUT2D eigenvalue weighted by Gasteiger charge is -2.47. The minimum Gasteiger partial charge on any atom is -0.303 e. The largest absolute Gasteiger partial charge is 0.303 e. The van der Waals surface area contributed by atoms with Gasteiger partial charge in [0.1, 0.15) is 0 Å². The molecule has 0 aromatic heterocycles. The fourth-order valence-corrected chi connectivity index (χ4v) is 3.68. The third kappa shape index (κ3) is 1.52. The Labute approximate surface area is 93.0 Å². The summed E-state index contributed by atoms with van der Waals surface area (Å²) in [5.41, 5.74) is 0. The van der Waals surface area contributed by atoms with Crippen molar-refractivity contribution >= 4 is 0 Å². The van der Waals surface area contributed by atoms with Gasteiger partial charge in [0.2, 0.25) is 0 Å². The van der Waals surface area contributed by atoms with Gasteiger partial charge in [0.25, 0.3) is 0 Å². The van der Waals surface area contributed by atoms with E-state index in [2.05, 4.69) is 35.6 Å². The van der Waals surface area contributed by atoms with Gasteiger partial charge < -0.3 is 4.90 Å². The van der Waals surface area contributed by atoms with Gasteiger partial charge in [-0.3, -0.25) is 9.80 Å². The van der Waals surface area contributed by atoms with Crippen molar-refractivity contribution in [1.82, 2.24) is 14.7 Å². The van der Waals surface area contributed by atoms with Crippen molar-refractivity contribution in [3.63, 3.8) is 0 Å². The number of hydrogen-bond donors (Lipinski definition) is 0. The molecule has 15 heavy (non-hydrogen) atoms. The summed E-state index contributed by atoms with van der Waals surface area (Å²) in [6.45, 7) is 9.92. The van der Waals surface area contributed by atoms with Crippen molar-refractivity contribution in [1.29, 1.82) is 0 Å². The summed E-state index contributed by atoms with van der Waals surface area (Å²) in [6, 6.07) is 3.35. The van der Waals surface area contributed by atoms with Crippen LogP contribution in [0.5, 0.6) is 0 Å². The quantitative estimate of drug-likeness (QED) is 0.654. The molecule has 3 rings (SSSR count). The first-order valence-corrected chi connectivity index (χ1v) is 6.35. The number of rotatable bonds is 2. The Morgan fingerprint density at radius 1 is 0.933 bits per heavy atom. The highest BCUT2D eigenvalue weighted by molar-refractivity contribution is 5.04. The molecule has 2 atom stereocenters. The summed E-state index contributed by atoms with van der Waals surface area (Å²) < 4.78 is 0. The van der Waals surface area contributed by atoms with Gasteiger partial charge in [0, 0.05) is 50.3 Å². The van der Waals surface area contributed by atoms with E-state index in [9.17, 15) is 0 Å². The molecule has 0 N–H and O–H groups in total. The lowest BCUT2D eigenvalue weighted by atomic mass is 10.1. The average molecular weight is 209 g/mol. The molecule has 0 aliphatic carbocycles. The molecule has 2 unspecified atom stereocenters. The number of nitrogens with zero attached hydrogens (tertiary/aromatic N) is 3. The molecule has 3 heterocycles. The van der Waals surface area contributed by atoms with Crippen molar-refractivity contribution in [2.75, 3.05) is 33.2 Å². The molecule has 3 aliphatic heterocycles. The Morgan fingerprint density at radius 2 is 1.67 bits per heavy atom. The van der Waals surface area contributed by atoms with Gasteiger partial charge in [-0.15, -0.1) is 0 Å². The van der Waals surface area contributed by atoms with Crippen LogP contribution >= 0.6 is 0 Å².